The van der Waals surface area contributed by atoms with Crippen LogP contribution in [-0.4, -0.2) is 12.1 Å². The zero-order chi connectivity index (χ0) is 8.27. The molecule has 0 saturated heterocycles. The molecule has 1 heterocycles. The number of nitrogens with zero attached hydrogens (tertiary/aromatic N) is 2. The first kappa shape index (κ1) is 7.89. The van der Waals surface area contributed by atoms with Crippen LogP contribution in [0, 0.1) is 11.3 Å². The largest absolute Gasteiger partial charge is 0.495 e. The molecule has 1 aromatic heterocycles. The van der Waals surface area contributed by atoms with Gasteiger partial charge in [-0.2, -0.15) is 5.26 Å². The minimum absolute atomic E-state index is 0.333. The van der Waals surface area contributed by atoms with Gasteiger partial charge < -0.3 is 4.74 Å². The van der Waals surface area contributed by atoms with Crippen molar-refractivity contribution in [3.05, 3.63) is 18.0 Å². The molecule has 0 unspecified atom stereocenters. The van der Waals surface area contributed by atoms with Crippen LogP contribution in [0.5, 0.6) is 5.75 Å². The van der Waals surface area contributed by atoms with Crippen molar-refractivity contribution in [1.29, 1.82) is 5.26 Å². The smallest absolute Gasteiger partial charge is 0.144 e. The normalized spacial score (nSPS) is 8.82. The molecule has 1 aromatic rings. The van der Waals surface area contributed by atoms with Crippen molar-refractivity contribution >= 4 is 12.6 Å². The van der Waals surface area contributed by atoms with Gasteiger partial charge in [0.2, 0.25) is 0 Å². The van der Waals surface area contributed by atoms with Crippen molar-refractivity contribution in [3.8, 4) is 11.8 Å². The van der Waals surface area contributed by atoms with Gasteiger partial charge in [0, 0.05) is 12.3 Å². The van der Waals surface area contributed by atoms with Gasteiger partial charge >= 0.3 is 0 Å². The van der Waals surface area contributed by atoms with E-state index in [1.165, 1.54) is 13.3 Å². The van der Waals surface area contributed by atoms with Crippen molar-refractivity contribution in [3.63, 3.8) is 0 Å². The van der Waals surface area contributed by atoms with E-state index >= 15 is 0 Å². The van der Waals surface area contributed by atoms with Gasteiger partial charge in [0.15, 0.2) is 0 Å². The summed E-state index contributed by atoms with van der Waals surface area (Å²) in [5.74, 6) is 0.569. The highest BCUT2D eigenvalue weighted by atomic mass is 32.1. The molecule has 0 aliphatic carbocycles. The number of hydrogen-bond acceptors (Lipinski definition) is 4. The Kier molecular flexibility index (Phi) is 2.34. The van der Waals surface area contributed by atoms with Gasteiger partial charge in [-0.05, 0) is 0 Å². The highest BCUT2D eigenvalue weighted by Crippen LogP contribution is 2.20. The summed E-state index contributed by atoms with van der Waals surface area (Å²) in [7, 11) is 1.52. The fraction of sp³-hybridized carbons (Fsp3) is 0.143. The molecule has 56 valence electrons. The number of ether oxygens (including phenoxy) is 1. The molecule has 0 spiro atoms. The first-order chi connectivity index (χ1) is 5.27. The van der Waals surface area contributed by atoms with Crippen LogP contribution in [0.3, 0.4) is 0 Å². The molecule has 0 amide bonds. The summed E-state index contributed by atoms with van der Waals surface area (Å²) in [6.45, 7) is 0. The molecule has 0 radical (unpaired) electrons. The van der Waals surface area contributed by atoms with Crippen molar-refractivity contribution in [1.82, 2.24) is 4.98 Å². The lowest BCUT2D eigenvalue weighted by Gasteiger charge is -2.01. The van der Waals surface area contributed by atoms with Crippen LogP contribution in [0.2, 0.25) is 0 Å². The third-order valence-corrected chi connectivity index (χ3v) is 1.52. The molecule has 0 aliphatic rings. The highest BCUT2D eigenvalue weighted by Gasteiger charge is 2.00. The summed E-state index contributed by atoms with van der Waals surface area (Å²) < 4.78 is 4.92. The van der Waals surface area contributed by atoms with E-state index in [9.17, 15) is 0 Å². The van der Waals surface area contributed by atoms with E-state index in [0.717, 1.165) is 0 Å². The molecular weight excluding hydrogens is 160 g/mol. The maximum atomic E-state index is 8.46. The SMILES string of the molecule is COc1cc(C#N)ncc1S. The minimum Gasteiger partial charge on any atom is -0.495 e. The lowest BCUT2D eigenvalue weighted by atomic mass is 10.3. The van der Waals surface area contributed by atoms with Gasteiger partial charge in [0.1, 0.15) is 17.5 Å². The molecule has 0 bridgehead atoms. The van der Waals surface area contributed by atoms with Gasteiger partial charge in [-0.15, -0.1) is 12.6 Å². The lowest BCUT2D eigenvalue weighted by Crippen LogP contribution is -1.88. The minimum atomic E-state index is 0.333. The topological polar surface area (TPSA) is 45.9 Å². The second-order valence-electron chi connectivity index (χ2n) is 1.85. The van der Waals surface area contributed by atoms with Crippen molar-refractivity contribution in [2.45, 2.75) is 4.90 Å². The zero-order valence-corrected chi connectivity index (χ0v) is 6.80. The summed E-state index contributed by atoms with van der Waals surface area (Å²) in [5.41, 5.74) is 0.333. The third-order valence-electron chi connectivity index (χ3n) is 1.18. The monoisotopic (exact) mass is 166 g/mol. The molecule has 0 aliphatic heterocycles. The molecule has 4 heteroatoms. The first-order valence-corrected chi connectivity index (χ1v) is 3.35. The Labute approximate surface area is 70.0 Å². The lowest BCUT2D eigenvalue weighted by molar-refractivity contribution is 0.404. The Morgan fingerprint density at radius 1 is 1.73 bits per heavy atom. The summed E-state index contributed by atoms with van der Waals surface area (Å²) >= 11 is 4.07. The second-order valence-corrected chi connectivity index (χ2v) is 2.34. The number of methoxy groups -OCH3 is 1. The predicted molar refractivity (Wildman–Crippen MR) is 42.8 cm³/mol. The Morgan fingerprint density at radius 2 is 2.45 bits per heavy atom. The van der Waals surface area contributed by atoms with Crippen molar-refractivity contribution < 1.29 is 4.74 Å². The molecule has 0 aromatic carbocycles. The third kappa shape index (κ3) is 1.63. The summed E-state index contributed by atoms with van der Waals surface area (Å²) in [6, 6.07) is 3.45. The maximum Gasteiger partial charge on any atom is 0.144 e. The standard InChI is InChI=1S/C7H6N2OS/c1-10-6-2-5(3-8)9-4-7(6)11/h2,4,11H,1H3. The van der Waals surface area contributed by atoms with Crippen LogP contribution in [0.4, 0.5) is 0 Å². The molecule has 0 N–H and O–H groups in total. The van der Waals surface area contributed by atoms with E-state index in [4.69, 9.17) is 10.00 Å². The van der Waals surface area contributed by atoms with Crippen LogP contribution in [0.25, 0.3) is 0 Å². The molecule has 0 atom stereocenters. The average Bonchev–Trinajstić information content (AvgIpc) is 2.05. The predicted octanol–water partition coefficient (Wildman–Crippen LogP) is 1.25. The van der Waals surface area contributed by atoms with Crippen molar-refractivity contribution in [2.24, 2.45) is 0 Å². The van der Waals surface area contributed by atoms with E-state index in [-0.39, 0.29) is 0 Å². The molecular formula is C7H6N2OS. The van der Waals surface area contributed by atoms with Gasteiger partial charge in [0.25, 0.3) is 0 Å². The van der Waals surface area contributed by atoms with E-state index in [0.29, 0.717) is 16.3 Å². The molecule has 0 fully saturated rings. The maximum absolute atomic E-state index is 8.46. The van der Waals surface area contributed by atoms with Crippen LogP contribution in [-0.2, 0) is 0 Å². The second kappa shape index (κ2) is 3.26. The molecule has 3 nitrogen and oxygen atoms in total. The molecule has 0 saturated carbocycles. The summed E-state index contributed by atoms with van der Waals surface area (Å²) in [5, 5.41) is 8.46. The highest BCUT2D eigenvalue weighted by molar-refractivity contribution is 7.80. The Bertz CT molecular complexity index is 306. The number of nitriles is 1. The van der Waals surface area contributed by atoms with E-state index in [2.05, 4.69) is 17.6 Å². The zero-order valence-electron chi connectivity index (χ0n) is 5.90. The Balaban J connectivity index is 3.15. The fourth-order valence-corrected chi connectivity index (χ4v) is 0.868. The Morgan fingerprint density at radius 3 is 3.00 bits per heavy atom. The average molecular weight is 166 g/mol. The van der Waals surface area contributed by atoms with Crippen LogP contribution >= 0.6 is 12.6 Å². The number of pyridine rings is 1. The number of rotatable bonds is 1. The van der Waals surface area contributed by atoms with Gasteiger partial charge in [-0.1, -0.05) is 0 Å². The van der Waals surface area contributed by atoms with Gasteiger partial charge in [-0.3, -0.25) is 0 Å². The van der Waals surface area contributed by atoms with E-state index in [1.807, 2.05) is 6.07 Å². The van der Waals surface area contributed by atoms with E-state index < -0.39 is 0 Å². The summed E-state index contributed by atoms with van der Waals surface area (Å²) in [4.78, 5) is 4.42. The molecule has 11 heavy (non-hydrogen) atoms. The van der Waals surface area contributed by atoms with Gasteiger partial charge in [0.05, 0.1) is 12.0 Å². The van der Waals surface area contributed by atoms with Crippen molar-refractivity contribution in [2.75, 3.05) is 7.11 Å². The molecule has 1 rings (SSSR count). The number of hydrogen-bond donors (Lipinski definition) is 1. The van der Waals surface area contributed by atoms with Crippen LogP contribution < -0.4 is 4.74 Å². The van der Waals surface area contributed by atoms with Gasteiger partial charge in [-0.25, -0.2) is 4.98 Å². The van der Waals surface area contributed by atoms with E-state index in [1.54, 1.807) is 6.07 Å². The first-order valence-electron chi connectivity index (χ1n) is 2.91. The number of thiol groups is 1. The van der Waals surface area contributed by atoms with Crippen LogP contribution in [0.15, 0.2) is 17.2 Å². The quantitative estimate of drug-likeness (QED) is 0.639. The summed E-state index contributed by atoms with van der Waals surface area (Å²) in [6.07, 6.45) is 1.49. The fourth-order valence-electron chi connectivity index (χ4n) is 0.654. The van der Waals surface area contributed by atoms with Crippen LogP contribution in [0.1, 0.15) is 5.69 Å². The number of aromatic nitrogens is 1. The Hall–Kier alpha value is -1.21.